The molecule has 0 saturated carbocycles. The Morgan fingerprint density at radius 3 is 2.42 bits per heavy atom. The Labute approximate surface area is 220 Å². The van der Waals surface area contributed by atoms with E-state index in [4.69, 9.17) is 16.3 Å². The topological polar surface area (TPSA) is 27.1 Å². The second-order valence-electron chi connectivity index (χ2n) is 8.81. The zero-order valence-corrected chi connectivity index (χ0v) is 20.7. The third kappa shape index (κ3) is 5.09. The van der Waals surface area contributed by atoms with Gasteiger partial charge in [0.05, 0.1) is 17.8 Å². The van der Waals surface area contributed by atoms with Gasteiger partial charge in [0.15, 0.2) is 0 Å². The smallest absolute Gasteiger partial charge is 0.418 e. The molecule has 1 aromatic heterocycles. The summed E-state index contributed by atoms with van der Waals surface area (Å²) in [5, 5.41) is 4.71. The van der Waals surface area contributed by atoms with Gasteiger partial charge in [-0.2, -0.15) is 18.3 Å². The lowest BCUT2D eigenvalue weighted by Gasteiger charge is -2.12. The SMILES string of the molecule is Cc1cccc(COc2cccc(-c3c4cccc(C(F)(F)F)c4nn3Cc3ccc(Cl)cc3F)c2)c1F. The summed E-state index contributed by atoms with van der Waals surface area (Å²) in [6.07, 6.45) is -4.63. The Balaban J connectivity index is 1.60. The highest BCUT2D eigenvalue weighted by Crippen LogP contribution is 2.39. The maximum Gasteiger partial charge on any atom is 0.418 e. The van der Waals surface area contributed by atoms with Gasteiger partial charge in [-0.05, 0) is 42.8 Å². The third-order valence-electron chi connectivity index (χ3n) is 6.18. The first-order chi connectivity index (χ1) is 18.1. The fraction of sp³-hybridized carbons (Fsp3) is 0.138. The number of nitrogens with zero attached hydrogens (tertiary/aromatic N) is 2. The van der Waals surface area contributed by atoms with E-state index in [9.17, 15) is 22.0 Å². The monoisotopic (exact) mass is 542 g/mol. The summed E-state index contributed by atoms with van der Waals surface area (Å²) in [7, 11) is 0. The second-order valence-corrected chi connectivity index (χ2v) is 9.24. The molecule has 4 aromatic carbocycles. The molecule has 0 unspecified atom stereocenters. The largest absolute Gasteiger partial charge is 0.489 e. The molecule has 0 fully saturated rings. The molecule has 0 saturated heterocycles. The van der Waals surface area contributed by atoms with E-state index in [1.807, 2.05) is 0 Å². The molecule has 5 aromatic rings. The molecule has 38 heavy (non-hydrogen) atoms. The van der Waals surface area contributed by atoms with Crippen molar-refractivity contribution < 1.29 is 26.7 Å². The van der Waals surface area contributed by atoms with Crippen LogP contribution in [0, 0.1) is 18.6 Å². The van der Waals surface area contributed by atoms with Crippen LogP contribution in [0.2, 0.25) is 5.02 Å². The molecule has 0 N–H and O–H groups in total. The Kier molecular flexibility index (Phi) is 6.84. The van der Waals surface area contributed by atoms with Crippen LogP contribution in [0.15, 0.2) is 78.9 Å². The van der Waals surface area contributed by atoms with Crippen LogP contribution in [0.4, 0.5) is 22.0 Å². The Hall–Kier alpha value is -3.91. The average molecular weight is 543 g/mol. The van der Waals surface area contributed by atoms with Crippen LogP contribution in [0.25, 0.3) is 22.2 Å². The minimum absolute atomic E-state index is 0.0365. The average Bonchev–Trinajstić information content (AvgIpc) is 3.24. The van der Waals surface area contributed by atoms with Gasteiger partial charge in [0, 0.05) is 27.1 Å². The van der Waals surface area contributed by atoms with E-state index in [0.717, 1.165) is 12.1 Å². The summed E-state index contributed by atoms with van der Waals surface area (Å²) in [6.45, 7) is 1.49. The molecule has 5 rings (SSSR count). The summed E-state index contributed by atoms with van der Waals surface area (Å²) in [5.74, 6) is -0.581. The highest BCUT2D eigenvalue weighted by molar-refractivity contribution is 6.30. The van der Waals surface area contributed by atoms with Crippen LogP contribution in [0.5, 0.6) is 5.75 Å². The van der Waals surface area contributed by atoms with E-state index in [2.05, 4.69) is 5.10 Å². The van der Waals surface area contributed by atoms with Gasteiger partial charge in [0.25, 0.3) is 0 Å². The van der Waals surface area contributed by atoms with Crippen LogP contribution in [0.1, 0.15) is 22.3 Å². The Morgan fingerprint density at radius 2 is 1.66 bits per heavy atom. The van der Waals surface area contributed by atoms with Crippen molar-refractivity contribution in [3.8, 4) is 17.0 Å². The van der Waals surface area contributed by atoms with Crippen molar-refractivity contribution in [2.24, 2.45) is 0 Å². The minimum atomic E-state index is -4.63. The third-order valence-corrected chi connectivity index (χ3v) is 6.42. The molecule has 1 heterocycles. The molecule has 0 aliphatic carbocycles. The summed E-state index contributed by atoms with van der Waals surface area (Å²) >= 11 is 5.87. The quantitative estimate of drug-likeness (QED) is 0.201. The van der Waals surface area contributed by atoms with Gasteiger partial charge in [0.1, 0.15) is 29.5 Å². The maximum atomic E-state index is 14.6. The predicted octanol–water partition coefficient (Wildman–Crippen LogP) is 8.59. The molecule has 0 radical (unpaired) electrons. The highest BCUT2D eigenvalue weighted by Gasteiger charge is 2.34. The van der Waals surface area contributed by atoms with Crippen molar-refractivity contribution in [2.45, 2.75) is 26.3 Å². The molecule has 0 spiro atoms. The molecule has 0 bridgehead atoms. The number of hydrogen-bond donors (Lipinski definition) is 0. The maximum absolute atomic E-state index is 14.6. The number of benzene rings is 4. The van der Waals surface area contributed by atoms with E-state index >= 15 is 0 Å². The molecule has 0 aliphatic heterocycles. The van der Waals surface area contributed by atoms with E-state index < -0.39 is 17.6 Å². The minimum Gasteiger partial charge on any atom is -0.489 e. The first-order valence-electron chi connectivity index (χ1n) is 11.6. The second kappa shape index (κ2) is 10.1. The van der Waals surface area contributed by atoms with Crippen molar-refractivity contribution in [1.82, 2.24) is 9.78 Å². The molecular weight excluding hydrogens is 523 g/mol. The number of rotatable bonds is 6. The van der Waals surface area contributed by atoms with Gasteiger partial charge < -0.3 is 4.74 Å². The summed E-state index contributed by atoms with van der Waals surface area (Å²) < 4.78 is 77.6. The Bertz CT molecular complexity index is 1640. The highest BCUT2D eigenvalue weighted by atomic mass is 35.5. The van der Waals surface area contributed by atoms with E-state index in [1.54, 1.807) is 49.4 Å². The predicted molar refractivity (Wildman–Crippen MR) is 136 cm³/mol. The summed E-state index contributed by atoms with van der Waals surface area (Å²) in [5.41, 5.74) is 0.783. The molecule has 0 atom stereocenters. The molecule has 0 amide bonds. The zero-order chi connectivity index (χ0) is 27.0. The standard InChI is InChI=1S/C29H20ClF5N2O/c1-17-5-2-7-20(26(17)32)16-38-22-8-3-6-18(13-22)28-23-9-4-10-24(29(33,34)35)27(23)36-37(28)15-19-11-12-21(30)14-25(19)31/h2-14H,15-16H2,1H3. The fourth-order valence-corrected chi connectivity index (χ4v) is 4.48. The van der Waals surface area contributed by atoms with E-state index in [1.165, 1.54) is 28.9 Å². The van der Waals surface area contributed by atoms with Gasteiger partial charge in [0.2, 0.25) is 0 Å². The van der Waals surface area contributed by atoms with Crippen molar-refractivity contribution in [1.29, 1.82) is 0 Å². The lowest BCUT2D eigenvalue weighted by molar-refractivity contribution is -0.136. The van der Waals surface area contributed by atoms with Gasteiger partial charge in [-0.3, -0.25) is 4.68 Å². The van der Waals surface area contributed by atoms with Gasteiger partial charge >= 0.3 is 6.18 Å². The van der Waals surface area contributed by atoms with Gasteiger partial charge in [-0.15, -0.1) is 0 Å². The molecule has 9 heteroatoms. The van der Waals surface area contributed by atoms with Gasteiger partial charge in [-0.1, -0.05) is 60.1 Å². The lowest BCUT2D eigenvalue weighted by Crippen LogP contribution is -2.07. The van der Waals surface area contributed by atoms with Crippen LogP contribution in [-0.2, 0) is 19.3 Å². The van der Waals surface area contributed by atoms with Gasteiger partial charge in [-0.25, -0.2) is 8.78 Å². The number of alkyl halides is 3. The van der Waals surface area contributed by atoms with Crippen LogP contribution in [0.3, 0.4) is 0 Å². The van der Waals surface area contributed by atoms with Crippen LogP contribution < -0.4 is 4.74 Å². The van der Waals surface area contributed by atoms with Crippen molar-refractivity contribution in [2.75, 3.05) is 0 Å². The van der Waals surface area contributed by atoms with Crippen LogP contribution >= 0.6 is 11.6 Å². The first-order valence-corrected chi connectivity index (χ1v) is 12.0. The van der Waals surface area contributed by atoms with E-state index in [-0.39, 0.29) is 40.5 Å². The molecule has 194 valence electrons. The molecular formula is C29H20ClF5N2O. The first kappa shape index (κ1) is 25.7. The normalized spacial score (nSPS) is 11.8. The van der Waals surface area contributed by atoms with Crippen LogP contribution in [-0.4, -0.2) is 9.78 Å². The van der Waals surface area contributed by atoms with Crippen molar-refractivity contribution in [3.63, 3.8) is 0 Å². The lowest BCUT2D eigenvalue weighted by atomic mass is 10.0. The zero-order valence-electron chi connectivity index (χ0n) is 20.0. The number of ether oxygens (including phenoxy) is 1. The molecule has 0 aliphatic rings. The number of fused-ring (bicyclic) bond motifs is 1. The Morgan fingerprint density at radius 1 is 0.895 bits per heavy atom. The number of halogens is 6. The number of hydrogen-bond acceptors (Lipinski definition) is 2. The van der Waals surface area contributed by atoms with Crippen molar-refractivity contribution >= 4 is 22.5 Å². The number of aromatic nitrogens is 2. The summed E-state index contributed by atoms with van der Waals surface area (Å²) in [4.78, 5) is 0. The van der Waals surface area contributed by atoms with Crippen molar-refractivity contribution in [3.05, 3.63) is 118 Å². The molecule has 3 nitrogen and oxygen atoms in total. The van der Waals surface area contributed by atoms with E-state index in [0.29, 0.717) is 28.1 Å². The number of aryl methyl sites for hydroxylation is 1. The summed E-state index contributed by atoms with van der Waals surface area (Å²) in [6, 6.07) is 19.6. The fourth-order valence-electron chi connectivity index (χ4n) is 4.32.